The minimum Gasteiger partial charge on any atom is -0.383 e. The van der Waals surface area contributed by atoms with Crippen molar-refractivity contribution in [2.45, 2.75) is 50.1 Å². The van der Waals surface area contributed by atoms with Crippen LogP contribution in [0.5, 0.6) is 0 Å². The van der Waals surface area contributed by atoms with Gasteiger partial charge in [-0.25, -0.2) is 4.98 Å². The zero-order valence-electron chi connectivity index (χ0n) is 12.6. The predicted octanol–water partition coefficient (Wildman–Crippen LogP) is 3.09. The second kappa shape index (κ2) is 6.10. The van der Waals surface area contributed by atoms with Gasteiger partial charge in [0.1, 0.15) is 4.83 Å². The third kappa shape index (κ3) is 2.76. The lowest BCUT2D eigenvalue weighted by Gasteiger charge is -2.13. The first-order chi connectivity index (χ1) is 10.1. The molecule has 114 valence electrons. The van der Waals surface area contributed by atoms with Gasteiger partial charge in [-0.2, -0.15) is 0 Å². The summed E-state index contributed by atoms with van der Waals surface area (Å²) in [4.78, 5) is 20.0. The summed E-state index contributed by atoms with van der Waals surface area (Å²) in [7, 11) is 1.66. The van der Waals surface area contributed by atoms with E-state index >= 15 is 0 Å². The fraction of sp³-hybridized carbons (Fsp3) is 0.600. The van der Waals surface area contributed by atoms with Crippen molar-refractivity contribution >= 4 is 33.3 Å². The molecule has 2 heterocycles. The van der Waals surface area contributed by atoms with Gasteiger partial charge in [0.05, 0.1) is 18.5 Å². The van der Waals surface area contributed by atoms with Gasteiger partial charge in [0.2, 0.25) is 0 Å². The number of aryl methyl sites for hydroxylation is 2. The molecule has 0 aromatic carbocycles. The number of thioether (sulfide) groups is 1. The zero-order valence-corrected chi connectivity index (χ0v) is 14.3. The number of methoxy groups -OCH3 is 1. The molecule has 0 atom stereocenters. The van der Waals surface area contributed by atoms with Crippen molar-refractivity contribution in [1.29, 1.82) is 0 Å². The molecular weight excluding hydrogens is 304 g/mol. The van der Waals surface area contributed by atoms with E-state index in [2.05, 4.69) is 13.8 Å². The lowest BCUT2D eigenvalue weighted by atomic mass is 10.2. The van der Waals surface area contributed by atoms with Crippen molar-refractivity contribution in [3.05, 3.63) is 20.8 Å². The summed E-state index contributed by atoms with van der Waals surface area (Å²) in [6.07, 6.45) is 3.28. The Hall–Kier alpha value is -0.850. The van der Waals surface area contributed by atoms with Crippen LogP contribution in [-0.2, 0) is 24.1 Å². The SMILES string of the molecule is COCCn1c(SC(C)C)nc2sc3c(c2c1=O)CCC3. The maximum absolute atomic E-state index is 12.9. The van der Waals surface area contributed by atoms with Gasteiger partial charge >= 0.3 is 0 Å². The number of ether oxygens (including phenoxy) is 1. The molecule has 2 aromatic heterocycles. The third-order valence-corrected chi connectivity index (χ3v) is 5.83. The average molecular weight is 324 g/mol. The van der Waals surface area contributed by atoms with Crippen LogP contribution in [0.3, 0.4) is 0 Å². The highest BCUT2D eigenvalue weighted by atomic mass is 32.2. The Kier molecular flexibility index (Phi) is 4.38. The van der Waals surface area contributed by atoms with Crippen molar-refractivity contribution in [3.63, 3.8) is 0 Å². The predicted molar refractivity (Wildman–Crippen MR) is 88.8 cm³/mol. The summed E-state index contributed by atoms with van der Waals surface area (Å²) in [5.41, 5.74) is 1.36. The van der Waals surface area contributed by atoms with E-state index in [9.17, 15) is 4.79 Å². The van der Waals surface area contributed by atoms with Crippen LogP contribution in [-0.4, -0.2) is 28.5 Å². The van der Waals surface area contributed by atoms with Crippen molar-refractivity contribution in [2.24, 2.45) is 0 Å². The molecule has 2 aromatic rings. The van der Waals surface area contributed by atoms with E-state index in [-0.39, 0.29) is 5.56 Å². The minimum absolute atomic E-state index is 0.111. The molecule has 0 spiro atoms. The molecule has 0 fully saturated rings. The van der Waals surface area contributed by atoms with E-state index in [0.29, 0.717) is 18.4 Å². The third-order valence-electron chi connectivity index (χ3n) is 3.65. The maximum Gasteiger partial charge on any atom is 0.263 e. The van der Waals surface area contributed by atoms with Gasteiger partial charge in [0.15, 0.2) is 5.16 Å². The van der Waals surface area contributed by atoms with E-state index in [1.165, 1.54) is 10.4 Å². The first kappa shape index (κ1) is 15.1. The zero-order chi connectivity index (χ0) is 15.0. The highest BCUT2D eigenvalue weighted by Crippen LogP contribution is 2.35. The number of fused-ring (bicyclic) bond motifs is 3. The summed E-state index contributed by atoms with van der Waals surface area (Å²) in [5, 5.41) is 2.08. The summed E-state index contributed by atoms with van der Waals surface area (Å²) in [6, 6.07) is 0. The first-order valence-electron chi connectivity index (χ1n) is 7.32. The highest BCUT2D eigenvalue weighted by molar-refractivity contribution is 7.99. The molecule has 0 bridgehead atoms. The fourth-order valence-electron chi connectivity index (χ4n) is 2.74. The summed E-state index contributed by atoms with van der Waals surface area (Å²) >= 11 is 3.35. The summed E-state index contributed by atoms with van der Waals surface area (Å²) < 4.78 is 6.95. The lowest BCUT2D eigenvalue weighted by molar-refractivity contribution is 0.183. The van der Waals surface area contributed by atoms with Crippen molar-refractivity contribution in [2.75, 3.05) is 13.7 Å². The van der Waals surface area contributed by atoms with Gasteiger partial charge in [0, 0.05) is 17.2 Å². The van der Waals surface area contributed by atoms with E-state index in [0.717, 1.165) is 34.6 Å². The van der Waals surface area contributed by atoms with Crippen molar-refractivity contribution in [3.8, 4) is 0 Å². The molecule has 0 N–H and O–H groups in total. The Balaban J connectivity index is 2.18. The number of thiophene rings is 1. The largest absolute Gasteiger partial charge is 0.383 e. The van der Waals surface area contributed by atoms with E-state index in [4.69, 9.17) is 9.72 Å². The Morgan fingerprint density at radius 1 is 1.43 bits per heavy atom. The van der Waals surface area contributed by atoms with Gasteiger partial charge in [-0.15, -0.1) is 11.3 Å². The smallest absolute Gasteiger partial charge is 0.263 e. The summed E-state index contributed by atoms with van der Waals surface area (Å²) in [6.45, 7) is 5.34. The average Bonchev–Trinajstić information content (AvgIpc) is 2.97. The van der Waals surface area contributed by atoms with Crippen LogP contribution < -0.4 is 5.56 Å². The van der Waals surface area contributed by atoms with Crippen LogP contribution >= 0.6 is 23.1 Å². The number of hydrogen-bond acceptors (Lipinski definition) is 5. The standard InChI is InChI=1S/C15H20N2O2S2/c1-9(2)20-15-16-13-12(10-5-4-6-11(10)21-13)14(18)17(15)7-8-19-3/h9H,4-8H2,1-3H3. The molecule has 0 radical (unpaired) electrons. The molecule has 0 amide bonds. The van der Waals surface area contributed by atoms with Crippen LogP contribution in [0.25, 0.3) is 10.2 Å². The monoisotopic (exact) mass is 324 g/mol. The molecule has 4 nitrogen and oxygen atoms in total. The van der Waals surface area contributed by atoms with Crippen LogP contribution in [0, 0.1) is 0 Å². The molecule has 1 aliphatic carbocycles. The van der Waals surface area contributed by atoms with Gasteiger partial charge in [-0.05, 0) is 24.8 Å². The Morgan fingerprint density at radius 3 is 2.95 bits per heavy atom. The first-order valence-corrected chi connectivity index (χ1v) is 9.02. The minimum atomic E-state index is 0.111. The molecule has 21 heavy (non-hydrogen) atoms. The van der Waals surface area contributed by atoms with Gasteiger partial charge in [0.25, 0.3) is 5.56 Å². The van der Waals surface area contributed by atoms with Crippen LogP contribution in [0.4, 0.5) is 0 Å². The number of aromatic nitrogens is 2. The van der Waals surface area contributed by atoms with Crippen LogP contribution in [0.15, 0.2) is 9.95 Å². The van der Waals surface area contributed by atoms with Crippen LogP contribution in [0.2, 0.25) is 0 Å². The molecule has 0 saturated heterocycles. The lowest BCUT2D eigenvalue weighted by Crippen LogP contribution is -2.25. The molecule has 0 unspecified atom stereocenters. The molecule has 0 aliphatic heterocycles. The van der Waals surface area contributed by atoms with Crippen molar-refractivity contribution in [1.82, 2.24) is 9.55 Å². The van der Waals surface area contributed by atoms with Crippen LogP contribution in [0.1, 0.15) is 30.7 Å². The van der Waals surface area contributed by atoms with Crippen molar-refractivity contribution < 1.29 is 4.74 Å². The highest BCUT2D eigenvalue weighted by Gasteiger charge is 2.23. The molecule has 6 heteroatoms. The Morgan fingerprint density at radius 2 is 2.24 bits per heavy atom. The van der Waals surface area contributed by atoms with E-state index < -0.39 is 0 Å². The fourth-order valence-corrected chi connectivity index (χ4v) is 4.92. The quantitative estimate of drug-likeness (QED) is 0.626. The molecule has 1 aliphatic rings. The topological polar surface area (TPSA) is 44.1 Å². The molecular formula is C15H20N2O2S2. The Labute approximate surface area is 132 Å². The van der Waals surface area contributed by atoms with Gasteiger partial charge in [-0.3, -0.25) is 9.36 Å². The van der Waals surface area contributed by atoms with E-state index in [1.54, 1.807) is 34.8 Å². The molecule has 0 saturated carbocycles. The second-order valence-corrected chi connectivity index (χ2v) is 8.18. The maximum atomic E-state index is 12.9. The summed E-state index contributed by atoms with van der Waals surface area (Å²) in [5.74, 6) is 0. The second-order valence-electron chi connectivity index (χ2n) is 5.55. The normalized spacial score (nSPS) is 14.3. The number of rotatable bonds is 5. The van der Waals surface area contributed by atoms with Gasteiger partial charge < -0.3 is 4.74 Å². The van der Waals surface area contributed by atoms with E-state index in [1.807, 2.05) is 0 Å². The Bertz CT molecular complexity index is 719. The number of hydrogen-bond donors (Lipinski definition) is 0. The number of nitrogens with zero attached hydrogens (tertiary/aromatic N) is 2. The van der Waals surface area contributed by atoms with Gasteiger partial charge in [-0.1, -0.05) is 25.6 Å². The molecule has 3 rings (SSSR count).